The average Bonchev–Trinajstić information content (AvgIpc) is 2.72. The molecule has 0 aliphatic carbocycles. The molecule has 7 heteroatoms. The first-order valence-electron chi connectivity index (χ1n) is 8.56. The highest BCUT2D eigenvalue weighted by Gasteiger charge is 2.13. The van der Waals surface area contributed by atoms with Gasteiger partial charge in [0.15, 0.2) is 0 Å². The summed E-state index contributed by atoms with van der Waals surface area (Å²) in [5.74, 6) is 0.939. The van der Waals surface area contributed by atoms with E-state index in [1.165, 1.54) is 12.4 Å². The van der Waals surface area contributed by atoms with Gasteiger partial charge in [0, 0.05) is 23.6 Å². The Balaban J connectivity index is 0.00000126. The summed E-state index contributed by atoms with van der Waals surface area (Å²) < 4.78 is 10.6. The molecule has 27 heavy (non-hydrogen) atoms. The molecule has 142 valence electrons. The number of ether oxygens (including phenoxy) is 2. The van der Waals surface area contributed by atoms with E-state index in [-0.39, 0.29) is 5.56 Å². The van der Waals surface area contributed by atoms with Crippen LogP contribution in [0.2, 0.25) is 0 Å². The second kappa shape index (κ2) is 9.38. The standard InChI is InChI=1S/C18H17N3O4.C2H6/c1-24-12-7-6-11(15(8-12)25-2)9-19-17-13-4-3-5-14(18(22)23)16(13)20-10-21-17;1-2/h3-8,10H,9H2,1-2H3,(H,22,23)(H,19,20,21);1-2H3. The van der Waals surface area contributed by atoms with E-state index >= 15 is 0 Å². The molecule has 0 saturated carbocycles. The van der Waals surface area contributed by atoms with Gasteiger partial charge in [-0.15, -0.1) is 0 Å². The maximum Gasteiger partial charge on any atom is 0.337 e. The van der Waals surface area contributed by atoms with E-state index in [2.05, 4.69) is 15.3 Å². The Hall–Kier alpha value is -3.35. The van der Waals surface area contributed by atoms with Crippen LogP contribution in [0, 0.1) is 0 Å². The lowest BCUT2D eigenvalue weighted by atomic mass is 10.1. The highest BCUT2D eigenvalue weighted by molar-refractivity contribution is 6.04. The second-order valence-corrected chi connectivity index (χ2v) is 5.26. The van der Waals surface area contributed by atoms with Crippen LogP contribution in [0.3, 0.4) is 0 Å². The minimum Gasteiger partial charge on any atom is -0.497 e. The molecule has 1 aromatic heterocycles. The number of nitrogens with one attached hydrogen (secondary N) is 1. The molecule has 0 aliphatic heterocycles. The van der Waals surface area contributed by atoms with Gasteiger partial charge in [-0.3, -0.25) is 0 Å². The fourth-order valence-electron chi connectivity index (χ4n) is 2.58. The number of carboxylic acids is 1. The van der Waals surface area contributed by atoms with Crippen LogP contribution in [0.5, 0.6) is 11.5 Å². The van der Waals surface area contributed by atoms with Gasteiger partial charge in [0.1, 0.15) is 23.6 Å². The number of benzene rings is 2. The highest BCUT2D eigenvalue weighted by atomic mass is 16.5. The quantitative estimate of drug-likeness (QED) is 0.678. The van der Waals surface area contributed by atoms with E-state index in [0.29, 0.717) is 34.8 Å². The van der Waals surface area contributed by atoms with E-state index in [9.17, 15) is 9.90 Å². The summed E-state index contributed by atoms with van der Waals surface area (Å²) in [5, 5.41) is 13.2. The van der Waals surface area contributed by atoms with E-state index in [4.69, 9.17) is 9.47 Å². The molecule has 0 saturated heterocycles. The number of fused-ring (bicyclic) bond motifs is 1. The summed E-state index contributed by atoms with van der Waals surface area (Å²) in [6, 6.07) is 10.5. The minimum atomic E-state index is -1.02. The van der Waals surface area contributed by atoms with Gasteiger partial charge in [0.05, 0.1) is 25.3 Å². The van der Waals surface area contributed by atoms with Gasteiger partial charge in [0.2, 0.25) is 0 Å². The third-order valence-electron chi connectivity index (χ3n) is 3.84. The lowest BCUT2D eigenvalue weighted by Crippen LogP contribution is -2.06. The Morgan fingerprint density at radius 3 is 2.56 bits per heavy atom. The zero-order valence-electron chi connectivity index (χ0n) is 15.8. The Kier molecular flexibility index (Phi) is 6.93. The number of para-hydroxylation sites is 1. The lowest BCUT2D eigenvalue weighted by molar-refractivity contribution is 0.0699. The van der Waals surface area contributed by atoms with Gasteiger partial charge in [0.25, 0.3) is 0 Å². The van der Waals surface area contributed by atoms with Crippen LogP contribution >= 0.6 is 0 Å². The number of rotatable bonds is 6. The first-order valence-corrected chi connectivity index (χ1v) is 8.56. The monoisotopic (exact) mass is 369 g/mol. The molecule has 3 rings (SSSR count). The van der Waals surface area contributed by atoms with E-state index in [1.807, 2.05) is 26.0 Å². The average molecular weight is 369 g/mol. The second-order valence-electron chi connectivity index (χ2n) is 5.26. The summed E-state index contributed by atoms with van der Waals surface area (Å²) in [7, 11) is 3.19. The van der Waals surface area contributed by atoms with E-state index < -0.39 is 5.97 Å². The third-order valence-corrected chi connectivity index (χ3v) is 3.84. The van der Waals surface area contributed by atoms with Crippen LogP contribution in [0.1, 0.15) is 29.8 Å². The molecule has 0 radical (unpaired) electrons. The summed E-state index contributed by atoms with van der Waals surface area (Å²) in [5.41, 5.74) is 1.46. The summed E-state index contributed by atoms with van der Waals surface area (Å²) >= 11 is 0. The number of carbonyl (C=O) groups is 1. The highest BCUT2D eigenvalue weighted by Crippen LogP contribution is 2.27. The molecule has 2 aromatic carbocycles. The fourth-order valence-corrected chi connectivity index (χ4v) is 2.58. The molecular formula is C20H23N3O4. The van der Waals surface area contributed by atoms with Crippen molar-refractivity contribution in [2.24, 2.45) is 0 Å². The Bertz CT molecular complexity index is 928. The number of hydrogen-bond donors (Lipinski definition) is 2. The van der Waals surface area contributed by atoms with Crippen molar-refractivity contribution < 1.29 is 19.4 Å². The van der Waals surface area contributed by atoms with Gasteiger partial charge in [-0.25, -0.2) is 14.8 Å². The lowest BCUT2D eigenvalue weighted by Gasteiger charge is -2.13. The van der Waals surface area contributed by atoms with E-state index in [1.54, 1.807) is 32.4 Å². The van der Waals surface area contributed by atoms with Crippen molar-refractivity contribution in [1.82, 2.24) is 9.97 Å². The van der Waals surface area contributed by atoms with E-state index in [0.717, 1.165) is 5.56 Å². The summed E-state index contributed by atoms with van der Waals surface area (Å²) in [6.45, 7) is 4.45. The van der Waals surface area contributed by atoms with Crippen LogP contribution < -0.4 is 14.8 Å². The Morgan fingerprint density at radius 2 is 1.89 bits per heavy atom. The zero-order valence-corrected chi connectivity index (χ0v) is 15.8. The molecule has 0 fully saturated rings. The van der Waals surface area contributed by atoms with Crippen molar-refractivity contribution >= 4 is 22.7 Å². The molecule has 0 spiro atoms. The first-order chi connectivity index (χ1) is 13.1. The molecule has 2 N–H and O–H groups in total. The third kappa shape index (κ3) is 4.44. The molecule has 0 amide bonds. The van der Waals surface area contributed by atoms with Gasteiger partial charge >= 0.3 is 5.97 Å². The predicted octanol–water partition coefficient (Wildman–Crippen LogP) is 3.98. The minimum absolute atomic E-state index is 0.143. The van der Waals surface area contributed by atoms with Crippen LogP contribution in [0.25, 0.3) is 10.9 Å². The smallest absolute Gasteiger partial charge is 0.337 e. The Morgan fingerprint density at radius 1 is 1.11 bits per heavy atom. The maximum atomic E-state index is 11.3. The molecule has 1 heterocycles. The number of carboxylic acid groups (broad SMARTS) is 1. The number of hydrogen-bond acceptors (Lipinski definition) is 6. The van der Waals surface area contributed by atoms with Crippen LogP contribution in [0.15, 0.2) is 42.7 Å². The van der Waals surface area contributed by atoms with Gasteiger partial charge in [-0.05, 0) is 24.3 Å². The van der Waals surface area contributed by atoms with Crippen LogP contribution in [-0.2, 0) is 6.54 Å². The zero-order chi connectivity index (χ0) is 19.8. The number of aromatic carboxylic acids is 1. The number of anilines is 1. The number of nitrogens with zero attached hydrogens (tertiary/aromatic N) is 2. The molecule has 0 unspecified atom stereocenters. The van der Waals surface area contributed by atoms with Gasteiger partial charge in [-0.2, -0.15) is 0 Å². The molecule has 0 bridgehead atoms. The molecule has 7 nitrogen and oxygen atoms in total. The first kappa shape index (κ1) is 20.0. The summed E-state index contributed by atoms with van der Waals surface area (Å²) in [6.07, 6.45) is 1.35. The molecule has 0 aliphatic rings. The molecule has 3 aromatic rings. The number of methoxy groups -OCH3 is 2. The normalized spacial score (nSPS) is 9.93. The molecule has 0 atom stereocenters. The van der Waals surface area contributed by atoms with Crippen molar-refractivity contribution in [3.05, 3.63) is 53.9 Å². The predicted molar refractivity (Wildman–Crippen MR) is 105 cm³/mol. The number of aromatic nitrogens is 2. The summed E-state index contributed by atoms with van der Waals surface area (Å²) in [4.78, 5) is 19.7. The van der Waals surface area contributed by atoms with Crippen molar-refractivity contribution in [2.45, 2.75) is 20.4 Å². The Labute approximate surface area is 158 Å². The fraction of sp³-hybridized carbons (Fsp3) is 0.250. The largest absolute Gasteiger partial charge is 0.497 e. The van der Waals surface area contributed by atoms with Crippen LogP contribution in [0.4, 0.5) is 5.82 Å². The maximum absolute atomic E-state index is 11.3. The SMILES string of the molecule is CC.COc1ccc(CNc2ncnc3c(C(=O)O)cccc23)c(OC)c1. The van der Waals surface area contributed by atoms with Crippen LogP contribution in [-0.4, -0.2) is 35.3 Å². The molecular weight excluding hydrogens is 346 g/mol. The van der Waals surface area contributed by atoms with Gasteiger partial charge < -0.3 is 19.9 Å². The topological polar surface area (TPSA) is 93.6 Å². The van der Waals surface area contributed by atoms with Crippen molar-refractivity contribution in [3.63, 3.8) is 0 Å². The van der Waals surface area contributed by atoms with Gasteiger partial charge in [-0.1, -0.05) is 19.9 Å². The van der Waals surface area contributed by atoms with Crippen molar-refractivity contribution in [2.75, 3.05) is 19.5 Å². The van der Waals surface area contributed by atoms with Crippen molar-refractivity contribution in [3.8, 4) is 11.5 Å². The van der Waals surface area contributed by atoms with Crippen molar-refractivity contribution in [1.29, 1.82) is 0 Å².